The molecule has 3 nitrogen and oxygen atoms in total. The zero-order valence-electron chi connectivity index (χ0n) is 14.7. The fourth-order valence-corrected chi connectivity index (χ4v) is 3.08. The van der Waals surface area contributed by atoms with Crippen molar-refractivity contribution in [2.24, 2.45) is 0 Å². The van der Waals surface area contributed by atoms with Crippen molar-refractivity contribution in [2.75, 3.05) is 25.2 Å². The average Bonchev–Trinajstić information content (AvgIpc) is 2.61. The van der Waals surface area contributed by atoms with Crippen LogP contribution in [-0.2, 0) is 17.8 Å². The van der Waals surface area contributed by atoms with E-state index in [9.17, 15) is 4.79 Å². The largest absolute Gasteiger partial charge is 0.325 e. The van der Waals surface area contributed by atoms with Crippen molar-refractivity contribution in [3.63, 3.8) is 0 Å². The van der Waals surface area contributed by atoms with Crippen molar-refractivity contribution in [1.82, 2.24) is 4.90 Å². The van der Waals surface area contributed by atoms with Crippen LogP contribution in [0.1, 0.15) is 24.5 Å². The molecular formula is C20H26N2OS. The van der Waals surface area contributed by atoms with Gasteiger partial charge in [-0.3, -0.25) is 4.79 Å². The molecule has 2 aromatic carbocycles. The molecule has 0 heterocycles. The Morgan fingerprint density at radius 3 is 2.42 bits per heavy atom. The van der Waals surface area contributed by atoms with Gasteiger partial charge < -0.3 is 10.2 Å². The number of hydrogen-bond acceptors (Lipinski definition) is 3. The smallest absolute Gasteiger partial charge is 0.225 e. The summed E-state index contributed by atoms with van der Waals surface area (Å²) in [7, 11) is 2.05. The maximum Gasteiger partial charge on any atom is 0.225 e. The number of hydrogen-bond donors (Lipinski definition) is 1. The van der Waals surface area contributed by atoms with Crippen LogP contribution >= 0.6 is 11.8 Å². The highest BCUT2D eigenvalue weighted by Gasteiger charge is 2.08. The first kappa shape index (κ1) is 18.6. The Labute approximate surface area is 149 Å². The van der Waals surface area contributed by atoms with Gasteiger partial charge in [-0.1, -0.05) is 43.3 Å². The Hall–Kier alpha value is -1.78. The van der Waals surface area contributed by atoms with Gasteiger partial charge in [-0.2, -0.15) is 0 Å². The summed E-state index contributed by atoms with van der Waals surface area (Å²) in [6.07, 6.45) is 3.57. The number of thioether (sulfide) groups is 1. The Bertz CT molecular complexity index is 655. The minimum Gasteiger partial charge on any atom is -0.325 e. The van der Waals surface area contributed by atoms with Crippen LogP contribution in [-0.4, -0.2) is 30.7 Å². The summed E-state index contributed by atoms with van der Waals surface area (Å²) in [5, 5.41) is 3.01. The number of carbonyl (C=O) groups is 1. The van der Waals surface area contributed by atoms with Gasteiger partial charge in [0.1, 0.15) is 0 Å². The van der Waals surface area contributed by atoms with Crippen molar-refractivity contribution < 1.29 is 4.79 Å². The lowest BCUT2D eigenvalue weighted by Crippen LogP contribution is -2.24. The molecule has 0 spiro atoms. The van der Waals surface area contributed by atoms with E-state index in [1.165, 1.54) is 11.1 Å². The monoisotopic (exact) mass is 342 g/mol. The van der Waals surface area contributed by atoms with Gasteiger partial charge in [0.15, 0.2) is 0 Å². The van der Waals surface area contributed by atoms with Gasteiger partial charge in [0.25, 0.3) is 0 Å². The van der Waals surface area contributed by atoms with Crippen molar-refractivity contribution in [1.29, 1.82) is 0 Å². The highest BCUT2D eigenvalue weighted by molar-refractivity contribution is 7.98. The van der Waals surface area contributed by atoms with Crippen molar-refractivity contribution in [2.45, 2.75) is 31.2 Å². The van der Waals surface area contributed by atoms with E-state index in [-0.39, 0.29) is 5.91 Å². The SMILES string of the molecule is CCc1ccc(CN(C)CCC(=O)Nc2ccccc2SC)cc1. The molecule has 0 aliphatic heterocycles. The highest BCUT2D eigenvalue weighted by atomic mass is 32.2. The third-order valence-electron chi connectivity index (χ3n) is 3.99. The third kappa shape index (κ3) is 5.69. The van der Waals surface area contributed by atoms with E-state index in [1.54, 1.807) is 11.8 Å². The Balaban J connectivity index is 1.80. The first-order chi connectivity index (χ1) is 11.6. The molecule has 2 aromatic rings. The number of amides is 1. The molecule has 128 valence electrons. The lowest BCUT2D eigenvalue weighted by atomic mass is 10.1. The van der Waals surface area contributed by atoms with Crippen LogP contribution in [0.4, 0.5) is 5.69 Å². The minimum atomic E-state index is 0.0599. The minimum absolute atomic E-state index is 0.0599. The first-order valence-electron chi connectivity index (χ1n) is 8.31. The molecule has 0 aliphatic rings. The third-order valence-corrected chi connectivity index (χ3v) is 4.78. The molecule has 4 heteroatoms. The molecule has 0 unspecified atom stereocenters. The van der Waals surface area contributed by atoms with E-state index in [4.69, 9.17) is 0 Å². The maximum absolute atomic E-state index is 12.2. The molecule has 0 saturated heterocycles. The van der Waals surface area contributed by atoms with Gasteiger partial charge in [-0.25, -0.2) is 0 Å². The van der Waals surface area contributed by atoms with Crippen LogP contribution in [0.25, 0.3) is 0 Å². The second-order valence-corrected chi connectivity index (χ2v) is 6.75. The predicted molar refractivity (Wildman–Crippen MR) is 104 cm³/mol. The molecule has 0 aliphatic carbocycles. The van der Waals surface area contributed by atoms with E-state index in [0.29, 0.717) is 6.42 Å². The first-order valence-corrected chi connectivity index (χ1v) is 9.54. The summed E-state index contributed by atoms with van der Waals surface area (Å²) in [5.74, 6) is 0.0599. The summed E-state index contributed by atoms with van der Waals surface area (Å²) in [4.78, 5) is 15.4. The van der Waals surface area contributed by atoms with Gasteiger partial charge in [0.2, 0.25) is 5.91 Å². The van der Waals surface area contributed by atoms with Crippen LogP contribution < -0.4 is 5.32 Å². The molecule has 0 saturated carbocycles. The van der Waals surface area contributed by atoms with Gasteiger partial charge in [0, 0.05) is 24.4 Å². The fraction of sp³-hybridized carbons (Fsp3) is 0.350. The van der Waals surface area contributed by atoms with E-state index < -0.39 is 0 Å². The number of benzene rings is 2. The fourth-order valence-electron chi connectivity index (χ4n) is 2.52. The normalized spacial score (nSPS) is 10.8. The number of rotatable bonds is 8. The number of para-hydroxylation sites is 1. The molecule has 2 rings (SSSR count). The summed E-state index contributed by atoms with van der Waals surface area (Å²) in [6.45, 7) is 3.76. The molecule has 1 N–H and O–H groups in total. The lowest BCUT2D eigenvalue weighted by molar-refractivity contribution is -0.116. The van der Waals surface area contributed by atoms with Crippen LogP contribution in [0.5, 0.6) is 0 Å². The summed E-state index contributed by atoms with van der Waals surface area (Å²) in [6, 6.07) is 16.6. The van der Waals surface area contributed by atoms with Crippen LogP contribution in [0.3, 0.4) is 0 Å². The van der Waals surface area contributed by atoms with Gasteiger partial charge in [-0.15, -0.1) is 11.8 Å². The highest BCUT2D eigenvalue weighted by Crippen LogP contribution is 2.24. The molecule has 0 radical (unpaired) electrons. The second-order valence-electron chi connectivity index (χ2n) is 5.91. The Morgan fingerprint density at radius 2 is 1.75 bits per heavy atom. The molecule has 0 aromatic heterocycles. The Kier molecular flexibility index (Phi) is 7.35. The predicted octanol–water partition coefficient (Wildman–Crippen LogP) is 4.43. The van der Waals surface area contributed by atoms with Crippen molar-refractivity contribution in [3.8, 4) is 0 Å². The number of carbonyl (C=O) groups excluding carboxylic acids is 1. The summed E-state index contributed by atoms with van der Waals surface area (Å²) in [5.41, 5.74) is 3.53. The Morgan fingerprint density at radius 1 is 1.08 bits per heavy atom. The molecule has 0 atom stereocenters. The second kappa shape index (κ2) is 9.50. The maximum atomic E-state index is 12.2. The quantitative estimate of drug-likeness (QED) is 0.720. The number of nitrogens with zero attached hydrogens (tertiary/aromatic N) is 1. The lowest BCUT2D eigenvalue weighted by Gasteiger charge is -2.17. The molecule has 24 heavy (non-hydrogen) atoms. The molecular weight excluding hydrogens is 316 g/mol. The molecule has 1 amide bonds. The van der Waals surface area contributed by atoms with Gasteiger partial charge in [0.05, 0.1) is 5.69 Å². The number of anilines is 1. The number of aryl methyl sites for hydroxylation is 1. The van der Waals surface area contributed by atoms with E-state index in [0.717, 1.165) is 30.1 Å². The van der Waals surface area contributed by atoms with E-state index in [2.05, 4.69) is 48.5 Å². The van der Waals surface area contributed by atoms with Crippen LogP contribution in [0, 0.1) is 0 Å². The van der Waals surface area contributed by atoms with Crippen LogP contribution in [0.2, 0.25) is 0 Å². The zero-order valence-corrected chi connectivity index (χ0v) is 15.5. The van der Waals surface area contributed by atoms with E-state index >= 15 is 0 Å². The van der Waals surface area contributed by atoms with Crippen molar-refractivity contribution in [3.05, 3.63) is 59.7 Å². The van der Waals surface area contributed by atoms with E-state index in [1.807, 2.05) is 30.5 Å². The average molecular weight is 343 g/mol. The summed E-state index contributed by atoms with van der Waals surface area (Å²) >= 11 is 1.64. The molecule has 0 fully saturated rings. The standard InChI is InChI=1S/C20H26N2OS/c1-4-16-9-11-17(12-10-16)15-22(2)14-13-20(23)21-18-7-5-6-8-19(18)24-3/h5-12H,4,13-15H2,1-3H3,(H,21,23). The van der Waals surface area contributed by atoms with Gasteiger partial charge >= 0.3 is 0 Å². The summed E-state index contributed by atoms with van der Waals surface area (Å²) < 4.78 is 0. The van der Waals surface area contributed by atoms with Crippen LogP contribution in [0.15, 0.2) is 53.4 Å². The van der Waals surface area contributed by atoms with Crippen molar-refractivity contribution >= 4 is 23.4 Å². The topological polar surface area (TPSA) is 32.3 Å². The number of nitrogens with one attached hydrogen (secondary N) is 1. The zero-order chi connectivity index (χ0) is 17.4. The molecule has 0 bridgehead atoms. The van der Waals surface area contributed by atoms with Gasteiger partial charge in [-0.05, 0) is 43.0 Å².